The topological polar surface area (TPSA) is 51.8 Å². The maximum Gasteiger partial charge on any atom is 0.223 e. The molecule has 0 amide bonds. The highest BCUT2D eigenvalue weighted by Gasteiger charge is 2.07. The van der Waals surface area contributed by atoms with E-state index in [1.807, 2.05) is 26.0 Å². The summed E-state index contributed by atoms with van der Waals surface area (Å²) in [5.41, 5.74) is 2.91. The highest BCUT2D eigenvalue weighted by Crippen LogP contribution is 2.14. The molecule has 2 aromatic heterocycles. The molecule has 0 spiro atoms. The molecule has 0 saturated heterocycles. The van der Waals surface area contributed by atoms with Crippen LogP contribution < -0.4 is 0 Å². The summed E-state index contributed by atoms with van der Waals surface area (Å²) in [6, 6.07) is 3.90. The lowest BCUT2D eigenvalue weighted by molar-refractivity contribution is 0.394. The Hall–Kier alpha value is -1.71. The minimum atomic E-state index is 0.547. The number of aryl methyl sites for hydroxylation is 3. The molecule has 2 heterocycles. The second kappa shape index (κ2) is 3.21. The van der Waals surface area contributed by atoms with Gasteiger partial charge in [-0.05, 0) is 25.5 Å². The van der Waals surface area contributed by atoms with Crippen LogP contribution in [0.5, 0.6) is 0 Å². The van der Waals surface area contributed by atoms with Crippen LogP contribution in [0.15, 0.2) is 16.7 Å². The second-order valence-corrected chi connectivity index (χ2v) is 3.24. The van der Waals surface area contributed by atoms with Crippen LogP contribution in [-0.4, -0.2) is 15.1 Å². The normalized spacial score (nSPS) is 10.5. The number of rotatable bonds is 1. The van der Waals surface area contributed by atoms with Gasteiger partial charge in [0, 0.05) is 12.6 Å². The van der Waals surface area contributed by atoms with E-state index in [2.05, 4.69) is 15.1 Å². The Morgan fingerprint density at radius 3 is 2.43 bits per heavy atom. The first-order valence-electron chi connectivity index (χ1n) is 4.42. The average Bonchev–Trinajstić information content (AvgIpc) is 2.57. The highest BCUT2D eigenvalue weighted by atomic mass is 16.5. The predicted molar refractivity (Wildman–Crippen MR) is 51.7 cm³/mol. The van der Waals surface area contributed by atoms with E-state index in [1.165, 1.54) is 0 Å². The first-order valence-corrected chi connectivity index (χ1v) is 4.42. The number of hydrogen-bond acceptors (Lipinski definition) is 4. The monoisotopic (exact) mass is 189 g/mol. The molecule has 72 valence electrons. The Kier molecular flexibility index (Phi) is 2.04. The summed E-state index contributed by atoms with van der Waals surface area (Å²) in [6.07, 6.45) is 0. The van der Waals surface area contributed by atoms with Crippen molar-refractivity contribution in [3.8, 4) is 11.5 Å². The van der Waals surface area contributed by atoms with Gasteiger partial charge in [0.1, 0.15) is 5.69 Å². The van der Waals surface area contributed by atoms with Gasteiger partial charge in [0.2, 0.25) is 11.7 Å². The third kappa shape index (κ3) is 1.51. The van der Waals surface area contributed by atoms with Gasteiger partial charge in [0.15, 0.2) is 0 Å². The Labute approximate surface area is 82.0 Å². The fourth-order valence-corrected chi connectivity index (χ4v) is 1.16. The third-order valence-electron chi connectivity index (χ3n) is 2.11. The molecule has 0 aliphatic carbocycles. The van der Waals surface area contributed by atoms with Gasteiger partial charge in [-0.2, -0.15) is 4.98 Å². The smallest absolute Gasteiger partial charge is 0.223 e. The van der Waals surface area contributed by atoms with Crippen molar-refractivity contribution >= 4 is 0 Å². The van der Waals surface area contributed by atoms with Crippen LogP contribution in [0, 0.1) is 20.8 Å². The van der Waals surface area contributed by atoms with Crippen molar-refractivity contribution < 1.29 is 4.52 Å². The molecule has 0 aliphatic rings. The van der Waals surface area contributed by atoms with Crippen LogP contribution >= 0.6 is 0 Å². The molecule has 0 N–H and O–H groups in total. The van der Waals surface area contributed by atoms with Crippen LogP contribution in [0.3, 0.4) is 0 Å². The molecule has 0 bridgehead atoms. The molecule has 0 radical (unpaired) electrons. The fourth-order valence-electron chi connectivity index (χ4n) is 1.16. The summed E-state index contributed by atoms with van der Waals surface area (Å²) in [6.45, 7) is 5.75. The molecule has 4 nitrogen and oxygen atoms in total. The van der Waals surface area contributed by atoms with Crippen molar-refractivity contribution in [1.82, 2.24) is 15.1 Å². The molecule has 4 heteroatoms. The van der Waals surface area contributed by atoms with Crippen molar-refractivity contribution in [3.63, 3.8) is 0 Å². The van der Waals surface area contributed by atoms with Gasteiger partial charge in [0.25, 0.3) is 0 Å². The number of nitrogens with zero attached hydrogens (tertiary/aromatic N) is 3. The van der Waals surface area contributed by atoms with Crippen LogP contribution in [0.1, 0.15) is 17.1 Å². The van der Waals surface area contributed by atoms with E-state index >= 15 is 0 Å². The zero-order valence-electron chi connectivity index (χ0n) is 8.40. The van der Waals surface area contributed by atoms with Gasteiger partial charge in [-0.25, -0.2) is 4.98 Å². The Morgan fingerprint density at radius 2 is 1.86 bits per heavy atom. The maximum absolute atomic E-state index is 4.89. The van der Waals surface area contributed by atoms with E-state index in [9.17, 15) is 0 Å². The van der Waals surface area contributed by atoms with E-state index in [4.69, 9.17) is 4.52 Å². The quantitative estimate of drug-likeness (QED) is 0.689. The summed E-state index contributed by atoms with van der Waals surface area (Å²) in [5, 5.41) is 3.81. The van der Waals surface area contributed by atoms with E-state index < -0.39 is 0 Å². The van der Waals surface area contributed by atoms with Crippen molar-refractivity contribution in [3.05, 3.63) is 29.3 Å². The average molecular weight is 189 g/mol. The summed E-state index contributed by atoms with van der Waals surface area (Å²) < 4.78 is 4.89. The Bertz CT molecular complexity index is 462. The van der Waals surface area contributed by atoms with Gasteiger partial charge in [-0.1, -0.05) is 11.2 Å². The number of pyridine rings is 1. The van der Waals surface area contributed by atoms with Gasteiger partial charge in [-0.15, -0.1) is 0 Å². The van der Waals surface area contributed by atoms with Crippen molar-refractivity contribution in [2.45, 2.75) is 20.8 Å². The first kappa shape index (κ1) is 8.87. The van der Waals surface area contributed by atoms with Gasteiger partial charge >= 0.3 is 0 Å². The van der Waals surface area contributed by atoms with Crippen LogP contribution in [-0.2, 0) is 0 Å². The second-order valence-electron chi connectivity index (χ2n) is 3.24. The molecule has 2 rings (SSSR count). The lowest BCUT2D eigenvalue weighted by Crippen LogP contribution is -1.91. The molecular weight excluding hydrogens is 178 g/mol. The first-order chi connectivity index (χ1) is 6.66. The summed E-state index contributed by atoms with van der Waals surface area (Å²) >= 11 is 0. The maximum atomic E-state index is 4.89. The predicted octanol–water partition coefficient (Wildman–Crippen LogP) is 2.06. The van der Waals surface area contributed by atoms with E-state index in [1.54, 1.807) is 6.92 Å². The van der Waals surface area contributed by atoms with Gasteiger partial charge in [0.05, 0.1) is 0 Å². The van der Waals surface area contributed by atoms with Crippen molar-refractivity contribution in [1.29, 1.82) is 0 Å². The molecule has 0 aromatic carbocycles. The molecular formula is C10H11N3O. The summed E-state index contributed by atoms with van der Waals surface area (Å²) in [5.74, 6) is 1.10. The van der Waals surface area contributed by atoms with Gasteiger partial charge in [-0.3, -0.25) is 0 Å². The standard InChI is InChI=1S/C10H11N3O/c1-6-4-5-9(11-7(6)2)10-12-8(3)14-13-10/h4-5H,1-3H3. The van der Waals surface area contributed by atoms with E-state index in [0.29, 0.717) is 11.7 Å². The summed E-state index contributed by atoms with van der Waals surface area (Å²) in [7, 11) is 0. The minimum Gasteiger partial charge on any atom is -0.339 e. The third-order valence-corrected chi connectivity index (χ3v) is 2.11. The largest absolute Gasteiger partial charge is 0.339 e. The van der Waals surface area contributed by atoms with Crippen molar-refractivity contribution in [2.75, 3.05) is 0 Å². The lowest BCUT2D eigenvalue weighted by Gasteiger charge is -1.99. The number of aromatic nitrogens is 3. The lowest BCUT2D eigenvalue weighted by atomic mass is 10.2. The Morgan fingerprint density at radius 1 is 1.07 bits per heavy atom. The fraction of sp³-hybridized carbons (Fsp3) is 0.300. The molecule has 14 heavy (non-hydrogen) atoms. The molecule has 0 fully saturated rings. The van der Waals surface area contributed by atoms with Crippen molar-refractivity contribution in [2.24, 2.45) is 0 Å². The van der Waals surface area contributed by atoms with E-state index in [0.717, 1.165) is 17.0 Å². The molecule has 0 aliphatic heterocycles. The molecule has 0 atom stereocenters. The zero-order chi connectivity index (χ0) is 10.1. The zero-order valence-corrected chi connectivity index (χ0v) is 8.40. The number of hydrogen-bond donors (Lipinski definition) is 0. The molecule has 2 aromatic rings. The molecule has 0 unspecified atom stereocenters. The Balaban J connectivity index is 2.47. The highest BCUT2D eigenvalue weighted by molar-refractivity contribution is 5.49. The van der Waals surface area contributed by atoms with E-state index in [-0.39, 0.29) is 0 Å². The minimum absolute atomic E-state index is 0.547. The van der Waals surface area contributed by atoms with Crippen LogP contribution in [0.25, 0.3) is 11.5 Å². The summed E-state index contributed by atoms with van der Waals surface area (Å²) in [4.78, 5) is 8.48. The van der Waals surface area contributed by atoms with Crippen LogP contribution in [0.2, 0.25) is 0 Å². The molecule has 0 saturated carbocycles. The van der Waals surface area contributed by atoms with Gasteiger partial charge < -0.3 is 4.52 Å². The van der Waals surface area contributed by atoms with Crippen LogP contribution in [0.4, 0.5) is 0 Å². The SMILES string of the molecule is Cc1nc(-c2ccc(C)c(C)n2)no1.